The van der Waals surface area contributed by atoms with Crippen molar-refractivity contribution in [1.29, 1.82) is 0 Å². The second-order valence-electron chi connectivity index (χ2n) is 3.24. The Morgan fingerprint density at radius 3 is 2.73 bits per heavy atom. The molecule has 2 rings (SSSR count). The van der Waals surface area contributed by atoms with Crippen LogP contribution < -0.4 is 5.73 Å². The quantitative estimate of drug-likeness (QED) is 0.877. The molecule has 0 aliphatic carbocycles. The lowest BCUT2D eigenvalue weighted by atomic mass is 10.1. The number of hydrogen-bond donors (Lipinski definition) is 1. The van der Waals surface area contributed by atoms with Gasteiger partial charge in [0.25, 0.3) is 0 Å². The molecule has 0 spiro atoms. The molecule has 0 aliphatic heterocycles. The molecule has 0 fully saturated rings. The molecule has 2 N–H and O–H groups in total. The standard InChI is InChI=1S/C11H12N2S.ClH/c1-8-3-2-4-10(13-8)11(12)9-5-6-14-7-9;/h2-7,11H,12H2,1H3;1H/t11-;/m1./s1. The summed E-state index contributed by atoms with van der Waals surface area (Å²) >= 11 is 1.66. The van der Waals surface area contributed by atoms with Crippen LogP contribution >= 0.6 is 23.7 Å². The highest BCUT2D eigenvalue weighted by atomic mass is 35.5. The molecular weight excluding hydrogens is 228 g/mol. The lowest BCUT2D eigenvalue weighted by Crippen LogP contribution is -2.12. The number of nitrogens with two attached hydrogens (primary N) is 1. The Hall–Kier alpha value is -0.900. The van der Waals surface area contributed by atoms with Crippen molar-refractivity contribution in [2.24, 2.45) is 5.73 Å². The second kappa shape index (κ2) is 5.26. The molecule has 0 aromatic carbocycles. The molecule has 0 bridgehead atoms. The van der Waals surface area contributed by atoms with Crippen LogP contribution in [0.4, 0.5) is 0 Å². The minimum Gasteiger partial charge on any atom is -0.319 e. The number of halogens is 1. The fourth-order valence-electron chi connectivity index (χ4n) is 1.36. The molecule has 0 saturated heterocycles. The Morgan fingerprint density at radius 1 is 1.33 bits per heavy atom. The van der Waals surface area contributed by atoms with Crippen LogP contribution in [0.3, 0.4) is 0 Å². The van der Waals surface area contributed by atoms with Gasteiger partial charge in [0.1, 0.15) is 0 Å². The van der Waals surface area contributed by atoms with Gasteiger partial charge in [0.2, 0.25) is 0 Å². The number of rotatable bonds is 2. The van der Waals surface area contributed by atoms with Crippen LogP contribution in [-0.4, -0.2) is 4.98 Å². The summed E-state index contributed by atoms with van der Waals surface area (Å²) in [5.74, 6) is 0. The molecule has 2 aromatic rings. The van der Waals surface area contributed by atoms with Crippen molar-refractivity contribution >= 4 is 23.7 Å². The monoisotopic (exact) mass is 240 g/mol. The Morgan fingerprint density at radius 2 is 2.13 bits per heavy atom. The maximum atomic E-state index is 6.07. The lowest BCUT2D eigenvalue weighted by Gasteiger charge is -2.09. The third-order valence-corrected chi connectivity index (χ3v) is 2.83. The third-order valence-electron chi connectivity index (χ3n) is 2.13. The minimum absolute atomic E-state index is 0. The fourth-order valence-corrected chi connectivity index (χ4v) is 2.06. The van der Waals surface area contributed by atoms with Crippen LogP contribution in [0.1, 0.15) is 23.0 Å². The Balaban J connectivity index is 0.00000112. The number of aryl methyl sites for hydroxylation is 1. The van der Waals surface area contributed by atoms with E-state index in [2.05, 4.69) is 10.4 Å². The van der Waals surface area contributed by atoms with Crippen LogP contribution in [0.5, 0.6) is 0 Å². The van der Waals surface area contributed by atoms with E-state index in [9.17, 15) is 0 Å². The van der Waals surface area contributed by atoms with Gasteiger partial charge in [0.15, 0.2) is 0 Å². The first-order valence-corrected chi connectivity index (χ1v) is 5.43. The van der Waals surface area contributed by atoms with E-state index >= 15 is 0 Å². The highest BCUT2D eigenvalue weighted by Gasteiger charge is 2.09. The van der Waals surface area contributed by atoms with Crippen molar-refractivity contribution in [3.05, 3.63) is 52.0 Å². The van der Waals surface area contributed by atoms with Crippen molar-refractivity contribution < 1.29 is 0 Å². The molecule has 80 valence electrons. The molecule has 2 heterocycles. The highest BCUT2D eigenvalue weighted by Crippen LogP contribution is 2.19. The Kier molecular flexibility index (Phi) is 4.27. The van der Waals surface area contributed by atoms with Gasteiger partial charge in [-0.15, -0.1) is 12.4 Å². The van der Waals surface area contributed by atoms with E-state index in [0.29, 0.717) is 0 Å². The van der Waals surface area contributed by atoms with E-state index in [4.69, 9.17) is 5.73 Å². The second-order valence-corrected chi connectivity index (χ2v) is 4.02. The van der Waals surface area contributed by atoms with E-state index in [0.717, 1.165) is 17.0 Å². The van der Waals surface area contributed by atoms with Gasteiger partial charge in [-0.1, -0.05) is 6.07 Å². The van der Waals surface area contributed by atoms with Gasteiger partial charge < -0.3 is 5.73 Å². The normalized spacial score (nSPS) is 11.9. The van der Waals surface area contributed by atoms with Gasteiger partial charge in [-0.3, -0.25) is 4.98 Å². The number of pyridine rings is 1. The highest BCUT2D eigenvalue weighted by molar-refractivity contribution is 7.07. The molecule has 2 aromatic heterocycles. The van der Waals surface area contributed by atoms with Gasteiger partial charge in [-0.25, -0.2) is 0 Å². The van der Waals surface area contributed by atoms with Gasteiger partial charge in [0.05, 0.1) is 11.7 Å². The van der Waals surface area contributed by atoms with Crippen molar-refractivity contribution in [3.8, 4) is 0 Å². The zero-order valence-electron chi connectivity index (χ0n) is 8.38. The van der Waals surface area contributed by atoms with Crippen LogP contribution in [0.2, 0.25) is 0 Å². The summed E-state index contributed by atoms with van der Waals surface area (Å²) in [5.41, 5.74) is 9.15. The number of nitrogens with zero attached hydrogens (tertiary/aromatic N) is 1. The first kappa shape index (κ1) is 12.2. The first-order valence-electron chi connectivity index (χ1n) is 4.48. The molecule has 4 heteroatoms. The van der Waals surface area contributed by atoms with Crippen LogP contribution in [0.15, 0.2) is 35.0 Å². The number of thiophene rings is 1. The Labute approximate surface area is 99.6 Å². The zero-order valence-corrected chi connectivity index (χ0v) is 10.0. The molecule has 2 nitrogen and oxygen atoms in total. The van der Waals surface area contributed by atoms with Gasteiger partial charge in [0, 0.05) is 5.69 Å². The predicted octanol–water partition coefficient (Wildman–Crippen LogP) is 2.92. The first-order chi connectivity index (χ1) is 6.77. The van der Waals surface area contributed by atoms with Crippen LogP contribution in [-0.2, 0) is 0 Å². The maximum Gasteiger partial charge on any atom is 0.0734 e. The van der Waals surface area contributed by atoms with E-state index in [-0.39, 0.29) is 18.4 Å². The molecule has 1 atom stereocenters. The van der Waals surface area contributed by atoms with Crippen molar-refractivity contribution in [3.63, 3.8) is 0 Å². The predicted molar refractivity (Wildman–Crippen MR) is 66.6 cm³/mol. The van der Waals surface area contributed by atoms with Crippen molar-refractivity contribution in [1.82, 2.24) is 4.98 Å². The van der Waals surface area contributed by atoms with Gasteiger partial charge in [-0.05, 0) is 41.4 Å². The molecule has 0 saturated carbocycles. The van der Waals surface area contributed by atoms with E-state index in [1.54, 1.807) is 11.3 Å². The van der Waals surface area contributed by atoms with E-state index in [1.807, 2.05) is 36.6 Å². The summed E-state index contributed by atoms with van der Waals surface area (Å²) in [6.07, 6.45) is 0. The van der Waals surface area contributed by atoms with Gasteiger partial charge in [-0.2, -0.15) is 11.3 Å². The molecule has 0 unspecified atom stereocenters. The summed E-state index contributed by atoms with van der Waals surface area (Å²) in [7, 11) is 0. The van der Waals surface area contributed by atoms with E-state index < -0.39 is 0 Å². The minimum atomic E-state index is -0.0962. The average Bonchev–Trinajstić information content (AvgIpc) is 2.69. The van der Waals surface area contributed by atoms with E-state index in [1.165, 1.54) is 0 Å². The third kappa shape index (κ3) is 2.78. The smallest absolute Gasteiger partial charge is 0.0734 e. The molecule has 0 aliphatic rings. The Bertz CT molecular complexity index is 414. The van der Waals surface area contributed by atoms with Gasteiger partial charge >= 0.3 is 0 Å². The van der Waals surface area contributed by atoms with Crippen LogP contribution in [0, 0.1) is 6.92 Å². The SMILES string of the molecule is Cc1cccc([C@H](N)c2ccsc2)n1.Cl. The summed E-state index contributed by atoms with van der Waals surface area (Å²) in [6.45, 7) is 1.98. The summed E-state index contributed by atoms with van der Waals surface area (Å²) in [5, 5.41) is 4.10. The maximum absolute atomic E-state index is 6.07. The van der Waals surface area contributed by atoms with Crippen molar-refractivity contribution in [2.75, 3.05) is 0 Å². The summed E-state index contributed by atoms with van der Waals surface area (Å²) in [4.78, 5) is 4.41. The van der Waals surface area contributed by atoms with Crippen molar-refractivity contribution in [2.45, 2.75) is 13.0 Å². The van der Waals surface area contributed by atoms with Crippen LogP contribution in [0.25, 0.3) is 0 Å². The lowest BCUT2D eigenvalue weighted by molar-refractivity contribution is 0.825. The largest absolute Gasteiger partial charge is 0.319 e. The zero-order chi connectivity index (χ0) is 9.97. The average molecular weight is 241 g/mol. The molecule has 0 amide bonds. The fraction of sp³-hybridized carbons (Fsp3) is 0.182. The number of aromatic nitrogens is 1. The molecule has 15 heavy (non-hydrogen) atoms. The molecular formula is C11H13ClN2S. The summed E-state index contributed by atoms with van der Waals surface area (Å²) in [6, 6.07) is 7.88. The summed E-state index contributed by atoms with van der Waals surface area (Å²) < 4.78 is 0. The topological polar surface area (TPSA) is 38.9 Å². The number of hydrogen-bond acceptors (Lipinski definition) is 3. The molecule has 0 radical (unpaired) electrons.